The summed E-state index contributed by atoms with van der Waals surface area (Å²) in [4.78, 5) is 37.9. The molecular weight excluding hydrogens is 312 g/mol. The summed E-state index contributed by atoms with van der Waals surface area (Å²) in [7, 11) is 3.12. The van der Waals surface area contributed by atoms with Gasteiger partial charge in [-0.2, -0.15) is 0 Å². The second-order valence-electron chi connectivity index (χ2n) is 6.52. The summed E-state index contributed by atoms with van der Waals surface area (Å²) in [6, 6.07) is 1.49. The number of piperidine rings is 1. The second kappa shape index (κ2) is 7.76. The molecule has 2 rings (SSSR count). The Bertz CT molecular complexity index is 699. The standard InChI is InChI=1S/C16H26N4O4/c1-11(21)9-17-15(23)12-4-6-20(7-5-12)10-13-8-14(22)19(3)16(24)18(13)2/h8,11-12,21H,4-7,9-10H2,1-3H3,(H,17,23)/t11-/m1/s1. The van der Waals surface area contributed by atoms with Crippen molar-refractivity contribution in [2.75, 3.05) is 19.6 Å². The van der Waals surface area contributed by atoms with Gasteiger partial charge in [0.1, 0.15) is 0 Å². The van der Waals surface area contributed by atoms with Gasteiger partial charge in [0.05, 0.1) is 6.10 Å². The zero-order valence-electron chi connectivity index (χ0n) is 14.5. The van der Waals surface area contributed by atoms with E-state index in [-0.39, 0.29) is 29.6 Å². The Hall–Kier alpha value is -1.93. The molecule has 0 aromatic carbocycles. The largest absolute Gasteiger partial charge is 0.392 e. The fourth-order valence-corrected chi connectivity index (χ4v) is 2.91. The van der Waals surface area contributed by atoms with Crippen molar-refractivity contribution < 1.29 is 9.90 Å². The minimum Gasteiger partial charge on any atom is -0.392 e. The predicted octanol–water partition coefficient (Wildman–Crippen LogP) is -1.21. The van der Waals surface area contributed by atoms with Crippen LogP contribution in [0.25, 0.3) is 0 Å². The van der Waals surface area contributed by atoms with Crippen molar-refractivity contribution in [1.82, 2.24) is 19.4 Å². The van der Waals surface area contributed by atoms with E-state index in [1.165, 1.54) is 17.7 Å². The number of rotatable bonds is 5. The molecule has 0 saturated carbocycles. The SMILES string of the molecule is C[C@@H](O)CNC(=O)C1CCN(Cc2cc(=O)n(C)c(=O)n2C)CC1. The van der Waals surface area contributed by atoms with E-state index in [1.54, 1.807) is 14.0 Å². The van der Waals surface area contributed by atoms with E-state index in [9.17, 15) is 19.5 Å². The minimum atomic E-state index is -0.545. The predicted molar refractivity (Wildman–Crippen MR) is 89.6 cm³/mol. The minimum absolute atomic E-state index is 0.0171. The normalized spacial score (nSPS) is 17.7. The Labute approximate surface area is 140 Å². The lowest BCUT2D eigenvalue weighted by molar-refractivity contribution is -0.126. The van der Waals surface area contributed by atoms with E-state index in [0.717, 1.165) is 30.5 Å². The van der Waals surface area contributed by atoms with Crippen molar-refractivity contribution in [2.45, 2.75) is 32.4 Å². The summed E-state index contributed by atoms with van der Waals surface area (Å²) in [5.41, 5.74) is 0.0467. The Kier molecular flexibility index (Phi) is 5.95. The summed E-state index contributed by atoms with van der Waals surface area (Å²) in [5.74, 6) is -0.0657. The van der Waals surface area contributed by atoms with Gasteiger partial charge in [0.15, 0.2) is 0 Å². The molecule has 8 heteroatoms. The molecule has 1 aromatic heterocycles. The Balaban J connectivity index is 1.93. The van der Waals surface area contributed by atoms with Crippen molar-refractivity contribution in [2.24, 2.45) is 20.0 Å². The van der Waals surface area contributed by atoms with Crippen LogP contribution in [0.1, 0.15) is 25.5 Å². The molecule has 1 aliphatic rings. The number of hydrogen-bond donors (Lipinski definition) is 2. The van der Waals surface area contributed by atoms with Gasteiger partial charge in [0.25, 0.3) is 5.56 Å². The van der Waals surface area contributed by atoms with Gasteiger partial charge in [-0.15, -0.1) is 0 Å². The molecule has 0 radical (unpaired) electrons. The van der Waals surface area contributed by atoms with Crippen molar-refractivity contribution in [3.05, 3.63) is 32.6 Å². The topological polar surface area (TPSA) is 96.6 Å². The monoisotopic (exact) mass is 338 g/mol. The molecule has 1 amide bonds. The number of hydrogen-bond acceptors (Lipinski definition) is 5. The zero-order chi connectivity index (χ0) is 17.9. The summed E-state index contributed by atoms with van der Waals surface area (Å²) >= 11 is 0. The van der Waals surface area contributed by atoms with E-state index in [2.05, 4.69) is 10.2 Å². The van der Waals surface area contributed by atoms with Crippen LogP contribution >= 0.6 is 0 Å². The van der Waals surface area contributed by atoms with Gasteiger partial charge >= 0.3 is 5.69 Å². The number of nitrogens with zero attached hydrogens (tertiary/aromatic N) is 3. The van der Waals surface area contributed by atoms with Crippen LogP contribution in [0.15, 0.2) is 15.7 Å². The Morgan fingerprint density at radius 1 is 1.29 bits per heavy atom. The van der Waals surface area contributed by atoms with Crippen LogP contribution in [-0.2, 0) is 25.4 Å². The third-order valence-corrected chi connectivity index (χ3v) is 4.54. The first-order valence-electron chi connectivity index (χ1n) is 8.23. The molecule has 8 nitrogen and oxygen atoms in total. The first kappa shape index (κ1) is 18.4. The number of aliphatic hydroxyl groups excluding tert-OH is 1. The molecular formula is C16H26N4O4. The average molecular weight is 338 g/mol. The Morgan fingerprint density at radius 2 is 1.92 bits per heavy atom. The number of nitrogens with one attached hydrogen (secondary N) is 1. The third-order valence-electron chi connectivity index (χ3n) is 4.54. The van der Waals surface area contributed by atoms with Gasteiger partial charge in [-0.25, -0.2) is 4.79 Å². The highest BCUT2D eigenvalue weighted by Crippen LogP contribution is 2.18. The Morgan fingerprint density at radius 3 is 2.50 bits per heavy atom. The van der Waals surface area contributed by atoms with Crippen LogP contribution in [0.3, 0.4) is 0 Å². The van der Waals surface area contributed by atoms with Crippen molar-refractivity contribution in [3.63, 3.8) is 0 Å². The van der Waals surface area contributed by atoms with Gasteiger partial charge < -0.3 is 10.4 Å². The highest BCUT2D eigenvalue weighted by atomic mass is 16.3. The first-order valence-corrected chi connectivity index (χ1v) is 8.23. The molecule has 2 N–H and O–H groups in total. The number of aromatic nitrogens is 2. The van der Waals surface area contributed by atoms with Gasteiger partial charge in [-0.05, 0) is 32.9 Å². The van der Waals surface area contributed by atoms with Crippen molar-refractivity contribution in [1.29, 1.82) is 0 Å². The van der Waals surface area contributed by atoms with E-state index >= 15 is 0 Å². The number of carbonyl (C=O) groups is 1. The van der Waals surface area contributed by atoms with E-state index in [1.807, 2.05) is 0 Å². The third kappa shape index (κ3) is 4.33. The van der Waals surface area contributed by atoms with Gasteiger partial charge in [0.2, 0.25) is 5.91 Å². The van der Waals surface area contributed by atoms with Gasteiger partial charge in [0, 0.05) is 44.9 Å². The maximum Gasteiger partial charge on any atom is 0.330 e. The van der Waals surface area contributed by atoms with Crippen molar-refractivity contribution >= 4 is 5.91 Å². The molecule has 24 heavy (non-hydrogen) atoms. The van der Waals surface area contributed by atoms with Crippen LogP contribution in [-0.4, -0.2) is 50.8 Å². The van der Waals surface area contributed by atoms with Crippen LogP contribution in [0.4, 0.5) is 0 Å². The fourth-order valence-electron chi connectivity index (χ4n) is 2.91. The molecule has 1 fully saturated rings. The zero-order valence-corrected chi connectivity index (χ0v) is 14.5. The molecule has 0 aliphatic carbocycles. The molecule has 0 spiro atoms. The van der Waals surface area contributed by atoms with E-state index < -0.39 is 6.10 Å². The van der Waals surface area contributed by atoms with E-state index in [0.29, 0.717) is 12.2 Å². The van der Waals surface area contributed by atoms with Crippen LogP contribution in [0.5, 0.6) is 0 Å². The van der Waals surface area contributed by atoms with Crippen LogP contribution < -0.4 is 16.6 Å². The molecule has 1 aliphatic heterocycles. The molecule has 1 saturated heterocycles. The number of amides is 1. The van der Waals surface area contributed by atoms with E-state index in [4.69, 9.17) is 0 Å². The van der Waals surface area contributed by atoms with Gasteiger partial charge in [-0.3, -0.25) is 23.6 Å². The highest BCUT2D eigenvalue weighted by molar-refractivity contribution is 5.78. The summed E-state index contributed by atoms with van der Waals surface area (Å²) in [5, 5.41) is 12.0. The highest BCUT2D eigenvalue weighted by Gasteiger charge is 2.25. The van der Waals surface area contributed by atoms with Crippen LogP contribution in [0, 0.1) is 5.92 Å². The molecule has 0 unspecified atom stereocenters. The average Bonchev–Trinajstić information content (AvgIpc) is 2.56. The first-order chi connectivity index (χ1) is 11.3. The molecule has 1 aromatic rings. The fraction of sp³-hybridized carbons (Fsp3) is 0.688. The smallest absolute Gasteiger partial charge is 0.330 e. The number of carbonyl (C=O) groups excluding carboxylic acids is 1. The number of aliphatic hydroxyl groups is 1. The van der Waals surface area contributed by atoms with Crippen LogP contribution in [0.2, 0.25) is 0 Å². The maximum atomic E-state index is 12.0. The molecule has 2 heterocycles. The lowest BCUT2D eigenvalue weighted by atomic mass is 9.95. The molecule has 1 atom stereocenters. The summed E-state index contributed by atoms with van der Waals surface area (Å²) in [6.07, 6.45) is 0.908. The summed E-state index contributed by atoms with van der Waals surface area (Å²) < 4.78 is 2.57. The number of likely N-dealkylation sites (tertiary alicyclic amines) is 1. The van der Waals surface area contributed by atoms with Gasteiger partial charge in [-0.1, -0.05) is 0 Å². The molecule has 0 bridgehead atoms. The molecule has 134 valence electrons. The van der Waals surface area contributed by atoms with Crippen molar-refractivity contribution in [3.8, 4) is 0 Å². The quantitative estimate of drug-likeness (QED) is 0.702. The summed E-state index contributed by atoms with van der Waals surface area (Å²) in [6.45, 7) is 3.89. The lowest BCUT2D eigenvalue weighted by Gasteiger charge is -2.31. The maximum absolute atomic E-state index is 12.0. The lowest BCUT2D eigenvalue weighted by Crippen LogP contribution is -2.43. The second-order valence-corrected chi connectivity index (χ2v) is 6.52.